The molecular weight excluding hydrogens is 320 g/mol. The van der Waals surface area contributed by atoms with Crippen LogP contribution in [0.25, 0.3) is 5.65 Å². The molecule has 104 valence electrons. The summed E-state index contributed by atoms with van der Waals surface area (Å²) in [5.41, 5.74) is 4.20. The van der Waals surface area contributed by atoms with Crippen molar-refractivity contribution in [2.24, 2.45) is 7.05 Å². The van der Waals surface area contributed by atoms with E-state index in [1.165, 1.54) is 5.56 Å². The Kier molecular flexibility index (Phi) is 3.21. The van der Waals surface area contributed by atoms with Gasteiger partial charge in [0.15, 0.2) is 11.5 Å². The van der Waals surface area contributed by atoms with Crippen LogP contribution in [-0.4, -0.2) is 24.1 Å². The van der Waals surface area contributed by atoms with E-state index in [1.807, 2.05) is 35.4 Å². The van der Waals surface area contributed by atoms with Crippen LogP contribution in [0.4, 0.5) is 5.82 Å². The molecule has 0 aliphatic rings. The van der Waals surface area contributed by atoms with E-state index in [-0.39, 0.29) is 0 Å². The topological polar surface area (TPSA) is 60.0 Å². The van der Waals surface area contributed by atoms with Crippen molar-refractivity contribution >= 4 is 27.4 Å². The van der Waals surface area contributed by atoms with Crippen LogP contribution in [-0.2, 0) is 13.6 Å². The van der Waals surface area contributed by atoms with Crippen LogP contribution in [0.15, 0.2) is 23.2 Å². The number of rotatable bonds is 3. The fourth-order valence-corrected chi connectivity index (χ4v) is 2.66. The van der Waals surface area contributed by atoms with Crippen molar-refractivity contribution in [3.8, 4) is 0 Å². The van der Waals surface area contributed by atoms with Gasteiger partial charge < -0.3 is 9.72 Å². The summed E-state index contributed by atoms with van der Waals surface area (Å²) >= 11 is 3.41. The van der Waals surface area contributed by atoms with Crippen molar-refractivity contribution in [3.05, 3.63) is 40.1 Å². The molecule has 7 heteroatoms. The second-order valence-electron chi connectivity index (χ2n) is 4.70. The quantitative estimate of drug-likeness (QED) is 0.799. The maximum Gasteiger partial charge on any atom is 0.180 e. The minimum Gasteiger partial charge on any atom is -0.363 e. The van der Waals surface area contributed by atoms with E-state index >= 15 is 0 Å². The Hall–Kier alpha value is -1.89. The average Bonchev–Trinajstić information content (AvgIpc) is 2.94. The normalized spacial score (nSPS) is 11.2. The molecule has 0 radical (unpaired) electrons. The van der Waals surface area contributed by atoms with Crippen molar-refractivity contribution in [2.45, 2.75) is 20.4 Å². The molecule has 0 aromatic carbocycles. The number of fused-ring (bicyclic) bond motifs is 1. The van der Waals surface area contributed by atoms with E-state index in [4.69, 9.17) is 0 Å². The van der Waals surface area contributed by atoms with E-state index < -0.39 is 0 Å². The highest BCUT2D eigenvalue weighted by Crippen LogP contribution is 2.19. The summed E-state index contributed by atoms with van der Waals surface area (Å²) in [6.45, 7) is 4.76. The maximum absolute atomic E-state index is 4.45. The lowest BCUT2D eigenvalue weighted by molar-refractivity contribution is 0.730. The standard InChI is InChI=1S/C13H15BrN6/c1-8-10(9(2)19(3)18-8)6-16-12-13-15-4-5-20(13)7-11(14)17-12/h4-5,7H,6H2,1-3H3,(H,16,17). The first-order valence-corrected chi connectivity index (χ1v) is 7.07. The van der Waals surface area contributed by atoms with Crippen LogP contribution >= 0.6 is 15.9 Å². The molecular formula is C13H15BrN6. The van der Waals surface area contributed by atoms with Gasteiger partial charge in [0, 0.05) is 43.4 Å². The van der Waals surface area contributed by atoms with Gasteiger partial charge in [-0.25, -0.2) is 9.97 Å². The maximum atomic E-state index is 4.45. The zero-order valence-corrected chi connectivity index (χ0v) is 13.1. The van der Waals surface area contributed by atoms with Crippen molar-refractivity contribution < 1.29 is 0 Å². The lowest BCUT2D eigenvalue weighted by Gasteiger charge is -2.08. The summed E-state index contributed by atoms with van der Waals surface area (Å²) < 4.78 is 4.60. The fraction of sp³-hybridized carbons (Fsp3) is 0.308. The first-order chi connectivity index (χ1) is 9.56. The molecule has 0 spiro atoms. The molecule has 0 amide bonds. The van der Waals surface area contributed by atoms with Crippen molar-refractivity contribution in [2.75, 3.05) is 5.32 Å². The van der Waals surface area contributed by atoms with E-state index in [0.717, 1.165) is 27.5 Å². The first-order valence-electron chi connectivity index (χ1n) is 6.28. The average molecular weight is 335 g/mol. The van der Waals surface area contributed by atoms with Crippen LogP contribution in [0.5, 0.6) is 0 Å². The molecule has 0 aliphatic heterocycles. The van der Waals surface area contributed by atoms with Gasteiger partial charge in [0.1, 0.15) is 4.60 Å². The summed E-state index contributed by atoms with van der Waals surface area (Å²) in [6, 6.07) is 0. The molecule has 3 rings (SSSR count). The van der Waals surface area contributed by atoms with Gasteiger partial charge in [-0.3, -0.25) is 4.68 Å². The summed E-state index contributed by atoms with van der Waals surface area (Å²) in [7, 11) is 1.95. The Bertz CT molecular complexity index is 773. The molecule has 0 unspecified atom stereocenters. The van der Waals surface area contributed by atoms with E-state index in [1.54, 1.807) is 6.20 Å². The SMILES string of the molecule is Cc1nn(C)c(C)c1CNc1nc(Br)cn2ccnc12. The third-order valence-electron chi connectivity index (χ3n) is 3.44. The number of aromatic nitrogens is 5. The zero-order chi connectivity index (χ0) is 14.3. The highest BCUT2D eigenvalue weighted by atomic mass is 79.9. The number of aryl methyl sites for hydroxylation is 2. The highest BCUT2D eigenvalue weighted by molar-refractivity contribution is 9.10. The van der Waals surface area contributed by atoms with Gasteiger partial charge in [0.05, 0.1) is 5.69 Å². The number of halogens is 1. The summed E-state index contributed by atoms with van der Waals surface area (Å²) in [5.74, 6) is 0.757. The monoisotopic (exact) mass is 334 g/mol. The molecule has 0 saturated carbocycles. The number of nitrogens with one attached hydrogen (secondary N) is 1. The van der Waals surface area contributed by atoms with Gasteiger partial charge >= 0.3 is 0 Å². The molecule has 0 bridgehead atoms. The van der Waals surface area contributed by atoms with Crippen molar-refractivity contribution in [1.29, 1.82) is 0 Å². The predicted octanol–water partition coefficient (Wildman–Crippen LogP) is 2.45. The molecule has 3 heterocycles. The Morgan fingerprint density at radius 2 is 2.15 bits per heavy atom. The molecule has 0 saturated heterocycles. The van der Waals surface area contributed by atoms with Crippen LogP contribution in [0.2, 0.25) is 0 Å². The van der Waals surface area contributed by atoms with Gasteiger partial charge in [-0.15, -0.1) is 0 Å². The van der Waals surface area contributed by atoms with Crippen molar-refractivity contribution in [1.82, 2.24) is 24.1 Å². The highest BCUT2D eigenvalue weighted by Gasteiger charge is 2.11. The third-order valence-corrected chi connectivity index (χ3v) is 3.82. The summed E-state index contributed by atoms with van der Waals surface area (Å²) in [5, 5.41) is 7.77. The Morgan fingerprint density at radius 3 is 2.85 bits per heavy atom. The van der Waals surface area contributed by atoms with Crippen LogP contribution in [0, 0.1) is 13.8 Å². The predicted molar refractivity (Wildman–Crippen MR) is 80.7 cm³/mol. The number of nitrogens with zero attached hydrogens (tertiary/aromatic N) is 5. The van der Waals surface area contributed by atoms with Gasteiger partial charge in [0.25, 0.3) is 0 Å². The molecule has 1 N–H and O–H groups in total. The molecule has 20 heavy (non-hydrogen) atoms. The number of imidazole rings is 1. The summed E-state index contributed by atoms with van der Waals surface area (Å²) in [4.78, 5) is 8.77. The number of hydrogen-bond acceptors (Lipinski definition) is 4. The van der Waals surface area contributed by atoms with E-state index in [9.17, 15) is 0 Å². The van der Waals surface area contributed by atoms with Gasteiger partial charge in [-0.05, 0) is 29.8 Å². The van der Waals surface area contributed by atoms with Gasteiger partial charge in [0.2, 0.25) is 0 Å². The number of anilines is 1. The van der Waals surface area contributed by atoms with Crippen molar-refractivity contribution in [3.63, 3.8) is 0 Å². The molecule has 3 aromatic rings. The number of hydrogen-bond donors (Lipinski definition) is 1. The van der Waals surface area contributed by atoms with E-state index in [0.29, 0.717) is 6.54 Å². The molecule has 0 fully saturated rings. The Labute approximate surface area is 125 Å². The molecule has 3 aromatic heterocycles. The largest absolute Gasteiger partial charge is 0.363 e. The van der Waals surface area contributed by atoms with E-state index in [2.05, 4.69) is 43.2 Å². The minimum absolute atomic E-state index is 0.678. The van der Waals surface area contributed by atoms with Gasteiger partial charge in [-0.1, -0.05) is 0 Å². The van der Waals surface area contributed by atoms with Crippen LogP contribution < -0.4 is 5.32 Å². The van der Waals surface area contributed by atoms with Gasteiger partial charge in [-0.2, -0.15) is 5.10 Å². The molecule has 6 nitrogen and oxygen atoms in total. The lowest BCUT2D eigenvalue weighted by atomic mass is 10.2. The Balaban J connectivity index is 1.92. The molecule has 0 atom stereocenters. The first kappa shape index (κ1) is 13.1. The lowest BCUT2D eigenvalue weighted by Crippen LogP contribution is -2.06. The zero-order valence-electron chi connectivity index (χ0n) is 11.6. The second-order valence-corrected chi connectivity index (χ2v) is 5.51. The molecule has 0 aliphatic carbocycles. The second kappa shape index (κ2) is 4.90. The minimum atomic E-state index is 0.678. The third kappa shape index (κ3) is 2.18. The summed E-state index contributed by atoms with van der Waals surface area (Å²) in [6.07, 6.45) is 5.54. The fourth-order valence-electron chi connectivity index (χ4n) is 2.27. The van der Waals surface area contributed by atoms with Crippen LogP contribution in [0.3, 0.4) is 0 Å². The van der Waals surface area contributed by atoms with Crippen LogP contribution in [0.1, 0.15) is 17.0 Å². The smallest absolute Gasteiger partial charge is 0.180 e. The Morgan fingerprint density at radius 1 is 1.35 bits per heavy atom.